The third kappa shape index (κ3) is 2.47. The van der Waals surface area contributed by atoms with Crippen molar-refractivity contribution in [3.05, 3.63) is 60.2 Å². The van der Waals surface area contributed by atoms with Crippen LogP contribution in [0.2, 0.25) is 0 Å². The third-order valence-electron chi connectivity index (χ3n) is 3.66. The van der Waals surface area contributed by atoms with Crippen molar-refractivity contribution >= 4 is 10.8 Å². The fourth-order valence-electron chi connectivity index (χ4n) is 2.91. The lowest BCUT2D eigenvalue weighted by Gasteiger charge is -2.02. The molecule has 21 heavy (non-hydrogen) atoms. The quantitative estimate of drug-likeness (QED) is 0.329. The second-order valence-corrected chi connectivity index (χ2v) is 4.76. The second kappa shape index (κ2) is 6.58. The fraction of sp³-hybridized carbons (Fsp3) is 0.238. The molecule has 0 fully saturated rings. The first kappa shape index (κ1) is 15.3. The summed E-state index contributed by atoms with van der Waals surface area (Å²) in [4.78, 5) is 0. The first-order valence-corrected chi connectivity index (χ1v) is 7.98. The molecular weight excluding hydrogens is 252 g/mol. The predicted octanol–water partition coefficient (Wildman–Crippen LogP) is 6.85. The molecule has 0 unspecified atom stereocenters. The van der Waals surface area contributed by atoms with E-state index in [0.29, 0.717) is 0 Å². The Morgan fingerprint density at radius 3 is 1.76 bits per heavy atom. The highest BCUT2D eigenvalue weighted by atomic mass is 14.2. The summed E-state index contributed by atoms with van der Waals surface area (Å²) in [5.74, 6) is 0. The van der Waals surface area contributed by atoms with E-state index < -0.39 is 0 Å². The minimum absolute atomic E-state index is 1.33. The Labute approximate surface area is 128 Å². The van der Waals surface area contributed by atoms with Gasteiger partial charge < -0.3 is 0 Å². The van der Waals surface area contributed by atoms with Gasteiger partial charge in [-0.05, 0) is 39.9 Å². The molecule has 0 saturated heterocycles. The van der Waals surface area contributed by atoms with Gasteiger partial charge >= 0.3 is 0 Å². The molecule has 0 nitrogen and oxygen atoms in total. The van der Waals surface area contributed by atoms with Crippen LogP contribution in [0, 0.1) is 6.92 Å². The molecule has 0 atom stereocenters. The smallest absolute Gasteiger partial charge is 0.00264 e. The summed E-state index contributed by atoms with van der Waals surface area (Å²) in [7, 11) is 0. The van der Waals surface area contributed by atoms with E-state index in [1.54, 1.807) is 0 Å². The second-order valence-electron chi connectivity index (χ2n) is 4.76. The molecule has 0 bridgehead atoms. The first-order chi connectivity index (χ1) is 10.3. The Balaban J connectivity index is 0.000000374. The summed E-state index contributed by atoms with van der Waals surface area (Å²) in [5.41, 5.74) is 6.86. The van der Waals surface area contributed by atoms with Crippen LogP contribution in [-0.4, -0.2) is 0 Å². The summed E-state index contributed by atoms with van der Waals surface area (Å²) in [6.07, 6.45) is 0. The van der Waals surface area contributed by atoms with Gasteiger partial charge in [0, 0.05) is 0 Å². The summed E-state index contributed by atoms with van der Waals surface area (Å²) in [5, 5.41) is 2.75. The average Bonchev–Trinajstić information content (AvgIpc) is 2.88. The van der Waals surface area contributed by atoms with Crippen LogP contribution in [0.15, 0.2) is 54.6 Å². The standard InChI is InChI=1S/C17H12.2C2H6/c1-11-8-9-13-14-6-2-4-12-5-3-7-15(17(12)14)16(13)10-11;2*1-2/h2-10H,1H3;2*1-2H3. The molecular formula is C21H24. The molecule has 0 radical (unpaired) electrons. The van der Waals surface area contributed by atoms with Crippen molar-refractivity contribution in [1.82, 2.24) is 0 Å². The summed E-state index contributed by atoms with van der Waals surface area (Å²) >= 11 is 0. The van der Waals surface area contributed by atoms with Crippen molar-refractivity contribution in [2.75, 3.05) is 0 Å². The molecule has 0 amide bonds. The van der Waals surface area contributed by atoms with Crippen LogP contribution in [0.25, 0.3) is 33.0 Å². The highest BCUT2D eigenvalue weighted by Crippen LogP contribution is 2.46. The Hall–Kier alpha value is -2.08. The van der Waals surface area contributed by atoms with Crippen molar-refractivity contribution in [2.45, 2.75) is 34.6 Å². The largest absolute Gasteiger partial charge is 0.0683 e. The molecule has 0 aromatic heterocycles. The molecule has 0 aliphatic heterocycles. The molecule has 3 aromatic rings. The van der Waals surface area contributed by atoms with E-state index in [2.05, 4.69) is 61.5 Å². The van der Waals surface area contributed by atoms with Gasteiger partial charge in [0.1, 0.15) is 0 Å². The highest BCUT2D eigenvalue weighted by molar-refractivity contribution is 6.15. The van der Waals surface area contributed by atoms with E-state index in [0.717, 1.165) is 0 Å². The van der Waals surface area contributed by atoms with Crippen molar-refractivity contribution in [1.29, 1.82) is 0 Å². The highest BCUT2D eigenvalue weighted by Gasteiger charge is 2.20. The summed E-state index contributed by atoms with van der Waals surface area (Å²) < 4.78 is 0. The first-order valence-electron chi connectivity index (χ1n) is 7.98. The van der Waals surface area contributed by atoms with Gasteiger partial charge in [-0.25, -0.2) is 0 Å². The molecule has 1 aliphatic carbocycles. The van der Waals surface area contributed by atoms with E-state index in [4.69, 9.17) is 0 Å². The van der Waals surface area contributed by atoms with E-state index in [-0.39, 0.29) is 0 Å². The van der Waals surface area contributed by atoms with E-state index >= 15 is 0 Å². The van der Waals surface area contributed by atoms with Gasteiger partial charge in [0.05, 0.1) is 0 Å². The van der Waals surface area contributed by atoms with E-state index in [9.17, 15) is 0 Å². The molecule has 0 N–H and O–H groups in total. The lowest BCUT2D eigenvalue weighted by atomic mass is 10.0. The van der Waals surface area contributed by atoms with Crippen LogP contribution in [-0.2, 0) is 0 Å². The third-order valence-corrected chi connectivity index (χ3v) is 3.66. The maximum absolute atomic E-state index is 2.30. The minimum Gasteiger partial charge on any atom is -0.0683 e. The maximum atomic E-state index is 2.30. The Morgan fingerprint density at radius 2 is 1.14 bits per heavy atom. The average molecular weight is 276 g/mol. The monoisotopic (exact) mass is 276 g/mol. The van der Waals surface area contributed by atoms with Crippen molar-refractivity contribution in [2.24, 2.45) is 0 Å². The van der Waals surface area contributed by atoms with Crippen LogP contribution in [0.5, 0.6) is 0 Å². The molecule has 0 spiro atoms. The number of aryl methyl sites for hydroxylation is 1. The number of hydrogen-bond acceptors (Lipinski definition) is 0. The van der Waals surface area contributed by atoms with Crippen LogP contribution in [0.1, 0.15) is 33.3 Å². The van der Waals surface area contributed by atoms with Gasteiger partial charge in [0.15, 0.2) is 0 Å². The maximum Gasteiger partial charge on any atom is -0.00264 e. The van der Waals surface area contributed by atoms with Crippen LogP contribution >= 0.6 is 0 Å². The molecule has 0 heteroatoms. The zero-order chi connectivity index (χ0) is 15.4. The molecule has 0 heterocycles. The van der Waals surface area contributed by atoms with Gasteiger partial charge in [-0.1, -0.05) is 87.9 Å². The molecule has 4 rings (SSSR count). The van der Waals surface area contributed by atoms with Crippen molar-refractivity contribution in [3.63, 3.8) is 0 Å². The SMILES string of the molecule is CC.CC.Cc1ccc2c(c1)-c1cccc3cccc-2c13. The van der Waals surface area contributed by atoms with Gasteiger partial charge in [-0.2, -0.15) is 0 Å². The summed E-state index contributed by atoms with van der Waals surface area (Å²) in [6, 6.07) is 19.9. The van der Waals surface area contributed by atoms with Crippen LogP contribution < -0.4 is 0 Å². The zero-order valence-electron chi connectivity index (χ0n) is 13.7. The number of hydrogen-bond donors (Lipinski definition) is 0. The van der Waals surface area contributed by atoms with Gasteiger partial charge in [-0.15, -0.1) is 0 Å². The Bertz CT molecular complexity index is 746. The summed E-state index contributed by atoms with van der Waals surface area (Å²) in [6.45, 7) is 10.2. The molecule has 1 aliphatic rings. The topological polar surface area (TPSA) is 0 Å². The molecule has 108 valence electrons. The number of fused-ring (bicyclic) bond motifs is 3. The lowest BCUT2D eigenvalue weighted by Crippen LogP contribution is -1.77. The molecule has 3 aromatic carbocycles. The predicted molar refractivity (Wildman–Crippen MR) is 95.8 cm³/mol. The lowest BCUT2D eigenvalue weighted by molar-refractivity contribution is 1.48. The van der Waals surface area contributed by atoms with Crippen LogP contribution in [0.4, 0.5) is 0 Å². The van der Waals surface area contributed by atoms with E-state index in [1.165, 1.54) is 38.6 Å². The fourth-order valence-corrected chi connectivity index (χ4v) is 2.91. The normalized spacial score (nSPS) is 10.1. The van der Waals surface area contributed by atoms with E-state index in [1.807, 2.05) is 27.7 Å². The number of rotatable bonds is 0. The zero-order valence-corrected chi connectivity index (χ0v) is 13.7. The number of benzene rings is 3. The Kier molecular flexibility index (Phi) is 4.80. The van der Waals surface area contributed by atoms with Crippen molar-refractivity contribution in [3.8, 4) is 22.3 Å². The van der Waals surface area contributed by atoms with Gasteiger partial charge in [0.25, 0.3) is 0 Å². The van der Waals surface area contributed by atoms with Gasteiger partial charge in [-0.3, -0.25) is 0 Å². The molecule has 0 saturated carbocycles. The minimum atomic E-state index is 1.33. The Morgan fingerprint density at radius 1 is 0.571 bits per heavy atom. The van der Waals surface area contributed by atoms with Crippen LogP contribution in [0.3, 0.4) is 0 Å². The van der Waals surface area contributed by atoms with Gasteiger partial charge in [0.2, 0.25) is 0 Å². The van der Waals surface area contributed by atoms with Crippen molar-refractivity contribution < 1.29 is 0 Å².